The Morgan fingerprint density at radius 2 is 2.00 bits per heavy atom. The molecule has 18 heavy (non-hydrogen) atoms. The summed E-state index contributed by atoms with van der Waals surface area (Å²) in [6, 6.07) is 7.07. The molecule has 1 heterocycles. The molecular weight excluding hydrogens is 251 g/mol. The Kier molecular flexibility index (Phi) is 3.82. The highest BCUT2D eigenvalue weighted by molar-refractivity contribution is 6.32. The van der Waals surface area contributed by atoms with Crippen LogP contribution >= 0.6 is 11.6 Å². The second kappa shape index (κ2) is 5.36. The number of benzene rings is 1. The molecule has 2 aromatic rings. The van der Waals surface area contributed by atoms with E-state index in [0.717, 1.165) is 16.8 Å². The maximum absolute atomic E-state index is 13.4. The van der Waals surface area contributed by atoms with Gasteiger partial charge in [-0.3, -0.25) is 0 Å². The molecule has 94 valence electrons. The first-order valence-corrected chi connectivity index (χ1v) is 6.05. The molecule has 1 aromatic carbocycles. The van der Waals surface area contributed by atoms with Crippen LogP contribution in [0.4, 0.5) is 10.1 Å². The van der Waals surface area contributed by atoms with E-state index in [1.165, 1.54) is 6.07 Å². The summed E-state index contributed by atoms with van der Waals surface area (Å²) in [7, 11) is 0. The number of nitrogens with zero attached hydrogens (tertiary/aromatic N) is 1. The van der Waals surface area contributed by atoms with Crippen LogP contribution in [0.1, 0.15) is 16.7 Å². The molecular formula is C14H14ClFN2. The van der Waals surface area contributed by atoms with E-state index in [4.69, 9.17) is 11.6 Å². The number of anilines is 1. The van der Waals surface area contributed by atoms with Crippen molar-refractivity contribution in [1.29, 1.82) is 0 Å². The summed E-state index contributed by atoms with van der Waals surface area (Å²) in [4.78, 5) is 4.01. The van der Waals surface area contributed by atoms with Crippen LogP contribution in [0.2, 0.25) is 5.15 Å². The van der Waals surface area contributed by atoms with Gasteiger partial charge in [0.15, 0.2) is 5.15 Å². The van der Waals surface area contributed by atoms with E-state index in [0.29, 0.717) is 17.3 Å². The molecule has 2 rings (SSSR count). The molecule has 0 spiro atoms. The third-order valence-corrected chi connectivity index (χ3v) is 3.11. The molecule has 0 bridgehead atoms. The Balaban J connectivity index is 2.14. The fraction of sp³-hybridized carbons (Fsp3) is 0.214. The van der Waals surface area contributed by atoms with E-state index in [-0.39, 0.29) is 5.82 Å². The lowest BCUT2D eigenvalue weighted by Crippen LogP contribution is -2.03. The van der Waals surface area contributed by atoms with Crippen molar-refractivity contribution in [2.45, 2.75) is 20.4 Å². The number of nitrogens with one attached hydrogen (secondary N) is 1. The van der Waals surface area contributed by atoms with Gasteiger partial charge in [0.1, 0.15) is 5.82 Å². The molecule has 0 fully saturated rings. The van der Waals surface area contributed by atoms with Gasteiger partial charge in [-0.25, -0.2) is 9.37 Å². The third-order valence-electron chi connectivity index (χ3n) is 2.82. The van der Waals surface area contributed by atoms with Crippen molar-refractivity contribution in [3.05, 3.63) is 58.1 Å². The standard InChI is InChI=1S/C14H14ClFN2/c1-9-3-4-11(7-12(9)16)8-18-13-10(2)5-6-17-14(13)15/h3-7,18H,8H2,1-2H3. The highest BCUT2D eigenvalue weighted by atomic mass is 35.5. The first kappa shape index (κ1) is 12.8. The number of pyridine rings is 1. The zero-order valence-electron chi connectivity index (χ0n) is 10.3. The molecule has 0 aliphatic rings. The minimum atomic E-state index is -0.191. The van der Waals surface area contributed by atoms with Crippen molar-refractivity contribution in [1.82, 2.24) is 4.98 Å². The van der Waals surface area contributed by atoms with E-state index < -0.39 is 0 Å². The van der Waals surface area contributed by atoms with Gasteiger partial charge in [0, 0.05) is 12.7 Å². The Morgan fingerprint density at radius 3 is 2.67 bits per heavy atom. The summed E-state index contributed by atoms with van der Waals surface area (Å²) in [5.74, 6) is -0.191. The molecule has 1 N–H and O–H groups in total. The van der Waals surface area contributed by atoms with Crippen molar-refractivity contribution >= 4 is 17.3 Å². The molecule has 0 unspecified atom stereocenters. The predicted octanol–water partition coefficient (Wildman–Crippen LogP) is 4.10. The lowest BCUT2D eigenvalue weighted by atomic mass is 10.1. The summed E-state index contributed by atoms with van der Waals surface area (Å²) in [5.41, 5.74) is 3.33. The van der Waals surface area contributed by atoms with Crippen molar-refractivity contribution in [2.75, 3.05) is 5.32 Å². The summed E-state index contributed by atoms with van der Waals surface area (Å²) >= 11 is 6.00. The van der Waals surface area contributed by atoms with Crippen LogP contribution in [0, 0.1) is 19.7 Å². The second-order valence-electron chi connectivity index (χ2n) is 4.23. The smallest absolute Gasteiger partial charge is 0.152 e. The van der Waals surface area contributed by atoms with E-state index >= 15 is 0 Å². The van der Waals surface area contributed by atoms with Crippen LogP contribution in [0.15, 0.2) is 30.5 Å². The number of aryl methyl sites for hydroxylation is 2. The summed E-state index contributed by atoms with van der Waals surface area (Å²) in [6.07, 6.45) is 1.66. The second-order valence-corrected chi connectivity index (χ2v) is 4.59. The van der Waals surface area contributed by atoms with Gasteiger partial charge in [-0.1, -0.05) is 23.7 Å². The minimum absolute atomic E-state index is 0.191. The average Bonchev–Trinajstić information content (AvgIpc) is 2.33. The number of hydrogen-bond acceptors (Lipinski definition) is 2. The van der Waals surface area contributed by atoms with Gasteiger partial charge < -0.3 is 5.32 Å². The van der Waals surface area contributed by atoms with Gasteiger partial charge in [0.2, 0.25) is 0 Å². The normalized spacial score (nSPS) is 10.4. The van der Waals surface area contributed by atoms with Crippen LogP contribution in [-0.2, 0) is 6.54 Å². The third kappa shape index (κ3) is 2.79. The van der Waals surface area contributed by atoms with Gasteiger partial charge in [-0.15, -0.1) is 0 Å². The summed E-state index contributed by atoms with van der Waals surface area (Å²) in [5, 5.41) is 3.62. The lowest BCUT2D eigenvalue weighted by Gasteiger charge is -2.11. The quantitative estimate of drug-likeness (QED) is 0.844. The van der Waals surface area contributed by atoms with Crippen LogP contribution in [0.5, 0.6) is 0 Å². The van der Waals surface area contributed by atoms with E-state index in [2.05, 4.69) is 10.3 Å². The maximum atomic E-state index is 13.4. The van der Waals surface area contributed by atoms with Crippen LogP contribution < -0.4 is 5.32 Å². The molecule has 0 saturated heterocycles. The fourth-order valence-electron chi connectivity index (χ4n) is 1.67. The van der Waals surface area contributed by atoms with Crippen LogP contribution in [-0.4, -0.2) is 4.98 Å². The number of aromatic nitrogens is 1. The molecule has 0 aliphatic heterocycles. The number of hydrogen-bond donors (Lipinski definition) is 1. The lowest BCUT2D eigenvalue weighted by molar-refractivity contribution is 0.616. The zero-order chi connectivity index (χ0) is 13.1. The molecule has 0 atom stereocenters. The molecule has 4 heteroatoms. The number of rotatable bonds is 3. The fourth-order valence-corrected chi connectivity index (χ4v) is 1.95. The Hall–Kier alpha value is -1.61. The summed E-state index contributed by atoms with van der Waals surface area (Å²) < 4.78 is 13.4. The predicted molar refractivity (Wildman–Crippen MR) is 72.4 cm³/mol. The van der Waals surface area contributed by atoms with Crippen molar-refractivity contribution in [3.63, 3.8) is 0 Å². The number of halogens is 2. The molecule has 0 radical (unpaired) electrons. The highest BCUT2D eigenvalue weighted by Crippen LogP contribution is 2.23. The molecule has 0 aliphatic carbocycles. The van der Waals surface area contributed by atoms with Gasteiger partial charge >= 0.3 is 0 Å². The average molecular weight is 265 g/mol. The maximum Gasteiger partial charge on any atom is 0.152 e. The van der Waals surface area contributed by atoms with E-state index in [9.17, 15) is 4.39 Å². The Bertz CT molecular complexity index is 549. The van der Waals surface area contributed by atoms with Crippen molar-refractivity contribution in [3.8, 4) is 0 Å². The topological polar surface area (TPSA) is 24.9 Å². The minimum Gasteiger partial charge on any atom is -0.378 e. The van der Waals surface area contributed by atoms with Gasteiger partial charge in [-0.05, 0) is 42.7 Å². The van der Waals surface area contributed by atoms with Gasteiger partial charge in [0.25, 0.3) is 0 Å². The Morgan fingerprint density at radius 1 is 1.22 bits per heavy atom. The van der Waals surface area contributed by atoms with Gasteiger partial charge in [-0.2, -0.15) is 0 Å². The first-order chi connectivity index (χ1) is 8.58. The summed E-state index contributed by atoms with van der Waals surface area (Å²) in [6.45, 7) is 4.21. The largest absolute Gasteiger partial charge is 0.378 e. The van der Waals surface area contributed by atoms with E-state index in [1.54, 1.807) is 19.2 Å². The molecule has 0 amide bonds. The molecule has 2 nitrogen and oxygen atoms in total. The monoisotopic (exact) mass is 264 g/mol. The van der Waals surface area contributed by atoms with Crippen LogP contribution in [0.25, 0.3) is 0 Å². The molecule has 1 aromatic heterocycles. The zero-order valence-corrected chi connectivity index (χ0v) is 11.1. The highest BCUT2D eigenvalue weighted by Gasteiger charge is 2.05. The van der Waals surface area contributed by atoms with Crippen molar-refractivity contribution in [2.24, 2.45) is 0 Å². The SMILES string of the molecule is Cc1ccc(CNc2c(C)ccnc2Cl)cc1F. The van der Waals surface area contributed by atoms with E-state index in [1.807, 2.05) is 19.1 Å². The van der Waals surface area contributed by atoms with Crippen molar-refractivity contribution < 1.29 is 4.39 Å². The van der Waals surface area contributed by atoms with Gasteiger partial charge in [0.05, 0.1) is 5.69 Å². The molecule has 0 saturated carbocycles. The van der Waals surface area contributed by atoms with Crippen LogP contribution in [0.3, 0.4) is 0 Å². The first-order valence-electron chi connectivity index (χ1n) is 5.68. The Labute approximate surface area is 111 Å².